The molecule has 0 saturated carbocycles. The molecule has 0 amide bonds. The summed E-state index contributed by atoms with van der Waals surface area (Å²) in [5.74, 6) is 0. The first kappa shape index (κ1) is 18.1. The summed E-state index contributed by atoms with van der Waals surface area (Å²) in [4.78, 5) is 14.7. The van der Waals surface area contributed by atoms with Crippen LogP contribution in [0.2, 0.25) is 10.0 Å². The number of halogens is 2. The van der Waals surface area contributed by atoms with Crippen molar-refractivity contribution in [1.82, 2.24) is 4.98 Å². The summed E-state index contributed by atoms with van der Waals surface area (Å²) in [6.07, 6.45) is 1.65. The fourth-order valence-electron chi connectivity index (χ4n) is 2.20. The van der Waals surface area contributed by atoms with E-state index in [0.29, 0.717) is 31.9 Å². The standard InChI is InChI=1S/C18H9Cl2N3O2S/c19-14-4-1-12(16(20)8-14)7-13(9-21)18-22-17(10-26-18)11-2-5-15(6-3-11)23(24)25/h1-8,10H/b13-7+. The van der Waals surface area contributed by atoms with Crippen LogP contribution >= 0.6 is 34.5 Å². The predicted octanol–water partition coefficient (Wildman–Crippen LogP) is 6.09. The van der Waals surface area contributed by atoms with Gasteiger partial charge in [-0.2, -0.15) is 5.26 Å². The second kappa shape index (κ2) is 7.67. The van der Waals surface area contributed by atoms with Gasteiger partial charge in [-0.15, -0.1) is 11.3 Å². The molecule has 0 aliphatic rings. The first-order chi connectivity index (χ1) is 12.5. The highest BCUT2D eigenvalue weighted by Crippen LogP contribution is 2.30. The van der Waals surface area contributed by atoms with Gasteiger partial charge in [-0.1, -0.05) is 29.3 Å². The van der Waals surface area contributed by atoms with E-state index in [1.807, 2.05) is 0 Å². The maximum absolute atomic E-state index is 10.7. The number of benzene rings is 2. The minimum Gasteiger partial charge on any atom is -0.258 e. The minimum absolute atomic E-state index is 0.0131. The number of allylic oxidation sites excluding steroid dienone is 1. The van der Waals surface area contributed by atoms with Gasteiger partial charge in [-0.25, -0.2) is 4.98 Å². The lowest BCUT2D eigenvalue weighted by molar-refractivity contribution is -0.384. The molecule has 0 N–H and O–H groups in total. The van der Waals surface area contributed by atoms with Crippen LogP contribution in [0.4, 0.5) is 5.69 Å². The summed E-state index contributed by atoms with van der Waals surface area (Å²) >= 11 is 13.3. The van der Waals surface area contributed by atoms with E-state index in [1.54, 1.807) is 41.8 Å². The van der Waals surface area contributed by atoms with Gasteiger partial charge in [0.2, 0.25) is 0 Å². The summed E-state index contributed by atoms with van der Waals surface area (Å²) in [7, 11) is 0. The molecule has 0 atom stereocenters. The first-order valence-electron chi connectivity index (χ1n) is 7.25. The Morgan fingerprint density at radius 3 is 2.58 bits per heavy atom. The number of thiazole rings is 1. The maximum Gasteiger partial charge on any atom is 0.269 e. The molecule has 2 aromatic carbocycles. The lowest BCUT2D eigenvalue weighted by Crippen LogP contribution is -1.87. The van der Waals surface area contributed by atoms with Crippen LogP contribution in [0, 0.1) is 21.4 Å². The monoisotopic (exact) mass is 401 g/mol. The highest BCUT2D eigenvalue weighted by molar-refractivity contribution is 7.11. The van der Waals surface area contributed by atoms with Crippen LogP contribution in [-0.2, 0) is 0 Å². The van der Waals surface area contributed by atoms with Gasteiger partial charge in [-0.05, 0) is 35.9 Å². The molecule has 0 unspecified atom stereocenters. The van der Waals surface area contributed by atoms with E-state index in [-0.39, 0.29) is 5.69 Å². The molecule has 8 heteroatoms. The molecular weight excluding hydrogens is 393 g/mol. The molecule has 128 valence electrons. The van der Waals surface area contributed by atoms with Crippen molar-refractivity contribution in [1.29, 1.82) is 5.26 Å². The highest BCUT2D eigenvalue weighted by atomic mass is 35.5. The van der Waals surface area contributed by atoms with Gasteiger partial charge < -0.3 is 0 Å². The molecule has 3 aromatic rings. The van der Waals surface area contributed by atoms with Gasteiger partial charge in [0.1, 0.15) is 11.1 Å². The lowest BCUT2D eigenvalue weighted by atomic mass is 10.1. The topological polar surface area (TPSA) is 79.8 Å². The quantitative estimate of drug-likeness (QED) is 0.301. The summed E-state index contributed by atoms with van der Waals surface area (Å²) in [5, 5.41) is 23.5. The molecule has 0 radical (unpaired) electrons. The molecular formula is C18H9Cl2N3O2S. The van der Waals surface area contributed by atoms with Gasteiger partial charge in [0.15, 0.2) is 0 Å². The van der Waals surface area contributed by atoms with Crippen LogP contribution in [0.15, 0.2) is 47.8 Å². The number of non-ortho nitro benzene ring substituents is 1. The summed E-state index contributed by atoms with van der Waals surface area (Å²) in [6, 6.07) is 13.2. The number of nitro benzene ring substituents is 1. The number of hydrogen-bond donors (Lipinski definition) is 0. The molecule has 1 aromatic heterocycles. The molecule has 1 heterocycles. The van der Waals surface area contributed by atoms with Crippen molar-refractivity contribution in [3.05, 3.63) is 78.6 Å². The molecule has 0 aliphatic carbocycles. The largest absolute Gasteiger partial charge is 0.269 e. The van der Waals surface area contributed by atoms with Crippen LogP contribution in [0.25, 0.3) is 22.9 Å². The normalized spacial score (nSPS) is 11.2. The van der Waals surface area contributed by atoms with Gasteiger partial charge >= 0.3 is 0 Å². The van der Waals surface area contributed by atoms with Crippen molar-refractivity contribution in [3.8, 4) is 17.3 Å². The number of nitriles is 1. The molecule has 0 bridgehead atoms. The van der Waals surface area contributed by atoms with E-state index in [9.17, 15) is 15.4 Å². The van der Waals surface area contributed by atoms with Gasteiger partial charge in [-0.3, -0.25) is 10.1 Å². The summed E-state index contributed by atoms with van der Waals surface area (Å²) in [5.41, 5.74) is 2.43. The first-order valence-corrected chi connectivity index (χ1v) is 8.89. The predicted molar refractivity (Wildman–Crippen MR) is 104 cm³/mol. The Morgan fingerprint density at radius 1 is 1.23 bits per heavy atom. The number of nitrogens with zero attached hydrogens (tertiary/aromatic N) is 3. The fourth-order valence-corrected chi connectivity index (χ4v) is 3.46. The average molecular weight is 402 g/mol. The van der Waals surface area contributed by atoms with Crippen molar-refractivity contribution in [3.63, 3.8) is 0 Å². The smallest absolute Gasteiger partial charge is 0.258 e. The van der Waals surface area contributed by atoms with E-state index in [1.165, 1.54) is 23.5 Å². The second-order valence-corrected chi connectivity index (χ2v) is 6.88. The van der Waals surface area contributed by atoms with E-state index >= 15 is 0 Å². The highest BCUT2D eigenvalue weighted by Gasteiger charge is 2.11. The molecule has 0 saturated heterocycles. The van der Waals surface area contributed by atoms with Crippen molar-refractivity contribution in [2.24, 2.45) is 0 Å². The van der Waals surface area contributed by atoms with E-state index in [0.717, 1.165) is 5.56 Å². The summed E-state index contributed by atoms with van der Waals surface area (Å²) < 4.78 is 0. The second-order valence-electron chi connectivity index (χ2n) is 5.18. The maximum atomic E-state index is 10.7. The zero-order valence-electron chi connectivity index (χ0n) is 13.0. The third-order valence-electron chi connectivity index (χ3n) is 3.49. The molecule has 0 fully saturated rings. The minimum atomic E-state index is -0.456. The van der Waals surface area contributed by atoms with Crippen LogP contribution in [0.1, 0.15) is 10.6 Å². The van der Waals surface area contributed by atoms with Crippen molar-refractivity contribution in [2.45, 2.75) is 0 Å². The van der Waals surface area contributed by atoms with Crippen LogP contribution in [-0.4, -0.2) is 9.91 Å². The summed E-state index contributed by atoms with van der Waals surface area (Å²) in [6.45, 7) is 0. The van der Waals surface area contributed by atoms with Gasteiger partial charge in [0.05, 0.1) is 16.2 Å². The Bertz CT molecular complexity index is 1050. The average Bonchev–Trinajstić information content (AvgIpc) is 3.11. The van der Waals surface area contributed by atoms with Crippen LogP contribution < -0.4 is 0 Å². The van der Waals surface area contributed by atoms with E-state index in [4.69, 9.17) is 23.2 Å². The Labute approximate surface area is 162 Å². The van der Waals surface area contributed by atoms with Crippen molar-refractivity contribution < 1.29 is 4.92 Å². The van der Waals surface area contributed by atoms with Crippen molar-refractivity contribution in [2.75, 3.05) is 0 Å². The van der Waals surface area contributed by atoms with Gasteiger partial charge in [0, 0.05) is 33.1 Å². The van der Waals surface area contributed by atoms with Crippen LogP contribution in [0.5, 0.6) is 0 Å². The lowest BCUT2D eigenvalue weighted by Gasteiger charge is -2.00. The third kappa shape index (κ3) is 3.92. The van der Waals surface area contributed by atoms with Crippen LogP contribution in [0.3, 0.4) is 0 Å². The Kier molecular flexibility index (Phi) is 5.33. The van der Waals surface area contributed by atoms with Crippen molar-refractivity contribution >= 4 is 51.9 Å². The Hall–Kier alpha value is -2.72. The number of rotatable bonds is 4. The zero-order chi connectivity index (χ0) is 18.7. The number of hydrogen-bond acceptors (Lipinski definition) is 5. The van der Waals surface area contributed by atoms with Gasteiger partial charge in [0.25, 0.3) is 5.69 Å². The zero-order valence-corrected chi connectivity index (χ0v) is 15.3. The van der Waals surface area contributed by atoms with E-state index < -0.39 is 4.92 Å². The number of aromatic nitrogens is 1. The molecule has 0 aliphatic heterocycles. The molecule has 0 spiro atoms. The Morgan fingerprint density at radius 2 is 1.96 bits per heavy atom. The molecule has 26 heavy (non-hydrogen) atoms. The molecule has 5 nitrogen and oxygen atoms in total. The Balaban J connectivity index is 1.93. The third-order valence-corrected chi connectivity index (χ3v) is 4.93. The SMILES string of the molecule is N#C/C(=C\c1ccc(Cl)cc1Cl)c1nc(-c2ccc([N+](=O)[O-])cc2)cs1. The molecule has 3 rings (SSSR count). The van der Waals surface area contributed by atoms with E-state index in [2.05, 4.69) is 11.1 Å². The fraction of sp³-hybridized carbons (Fsp3) is 0. The number of nitro groups is 1.